The van der Waals surface area contributed by atoms with Gasteiger partial charge in [-0.25, -0.2) is 0 Å². The summed E-state index contributed by atoms with van der Waals surface area (Å²) >= 11 is 0. The summed E-state index contributed by atoms with van der Waals surface area (Å²) in [7, 11) is 3.16. The van der Waals surface area contributed by atoms with E-state index < -0.39 is 0 Å². The highest BCUT2D eigenvalue weighted by Gasteiger charge is 2.10. The lowest BCUT2D eigenvalue weighted by Gasteiger charge is -2.12. The van der Waals surface area contributed by atoms with Crippen molar-refractivity contribution >= 4 is 5.91 Å². The predicted molar refractivity (Wildman–Crippen MR) is 80.6 cm³/mol. The van der Waals surface area contributed by atoms with Crippen LogP contribution in [-0.2, 0) is 9.53 Å². The van der Waals surface area contributed by atoms with E-state index in [0.29, 0.717) is 19.7 Å². The molecule has 6 nitrogen and oxygen atoms in total. The normalized spacial score (nSPS) is 11.8. The maximum absolute atomic E-state index is 11.6. The highest BCUT2D eigenvalue weighted by atomic mass is 16.5. The fourth-order valence-corrected chi connectivity index (χ4v) is 1.72. The van der Waals surface area contributed by atoms with Gasteiger partial charge in [0.05, 0.1) is 26.2 Å². The molecule has 0 heterocycles. The molecule has 0 aliphatic rings. The number of hydrogen-bond donors (Lipinski definition) is 2. The molecule has 0 aromatic heterocycles. The van der Waals surface area contributed by atoms with Crippen molar-refractivity contribution in [3.63, 3.8) is 0 Å². The Kier molecular flexibility index (Phi) is 8.23. The van der Waals surface area contributed by atoms with Crippen LogP contribution in [0.15, 0.2) is 24.3 Å². The molecule has 1 aromatic rings. The van der Waals surface area contributed by atoms with Crippen molar-refractivity contribution in [2.24, 2.45) is 5.73 Å². The number of hydrogen-bond acceptors (Lipinski definition) is 5. The lowest BCUT2D eigenvalue weighted by Crippen LogP contribution is -2.33. The molecule has 0 spiro atoms. The Hall–Kier alpha value is -1.79. The molecule has 3 N–H and O–H groups in total. The summed E-state index contributed by atoms with van der Waals surface area (Å²) in [6.45, 7) is 1.42. The molecule has 0 fully saturated rings. The van der Waals surface area contributed by atoms with E-state index in [1.54, 1.807) is 14.2 Å². The summed E-state index contributed by atoms with van der Waals surface area (Å²) < 4.78 is 15.7. The number of nitrogens with two attached hydrogens (primary N) is 1. The van der Waals surface area contributed by atoms with Crippen LogP contribution < -0.4 is 20.5 Å². The van der Waals surface area contributed by atoms with Crippen molar-refractivity contribution in [3.8, 4) is 11.5 Å². The average molecular weight is 296 g/mol. The van der Waals surface area contributed by atoms with E-state index >= 15 is 0 Å². The Morgan fingerprint density at radius 2 is 2.10 bits per heavy atom. The first-order valence-electron chi connectivity index (χ1n) is 6.96. The topological polar surface area (TPSA) is 82.8 Å². The van der Waals surface area contributed by atoms with E-state index in [9.17, 15) is 4.79 Å². The van der Waals surface area contributed by atoms with Crippen LogP contribution in [0.3, 0.4) is 0 Å². The van der Waals surface area contributed by atoms with E-state index in [4.69, 9.17) is 19.9 Å². The molecule has 21 heavy (non-hydrogen) atoms. The first-order chi connectivity index (χ1) is 10.2. The van der Waals surface area contributed by atoms with Gasteiger partial charge in [-0.05, 0) is 18.6 Å². The summed E-state index contributed by atoms with van der Waals surface area (Å²) in [5.74, 6) is 1.45. The Bertz CT molecular complexity index is 422. The third-order valence-corrected chi connectivity index (χ3v) is 2.96. The molecule has 118 valence electrons. The molecule has 1 aromatic carbocycles. The van der Waals surface area contributed by atoms with Crippen LogP contribution in [-0.4, -0.2) is 45.9 Å². The van der Waals surface area contributed by atoms with Crippen LogP contribution in [0, 0.1) is 0 Å². The molecular weight excluding hydrogens is 272 g/mol. The third-order valence-electron chi connectivity index (χ3n) is 2.96. The molecule has 0 saturated heterocycles. The van der Waals surface area contributed by atoms with Gasteiger partial charge in [-0.1, -0.05) is 6.07 Å². The van der Waals surface area contributed by atoms with Gasteiger partial charge in [0.2, 0.25) is 5.91 Å². The SMILES string of the molecule is COc1cccc(OCCCNC(=O)CC(CN)OC)c1. The number of ether oxygens (including phenoxy) is 3. The highest BCUT2D eigenvalue weighted by molar-refractivity contribution is 5.76. The van der Waals surface area contributed by atoms with Gasteiger partial charge >= 0.3 is 0 Å². The summed E-state index contributed by atoms with van der Waals surface area (Å²) in [5.41, 5.74) is 5.46. The molecule has 0 aliphatic carbocycles. The molecule has 0 aliphatic heterocycles. The molecule has 1 unspecified atom stereocenters. The van der Waals surface area contributed by atoms with Crippen LogP contribution in [0.2, 0.25) is 0 Å². The number of amides is 1. The lowest BCUT2D eigenvalue weighted by molar-refractivity contribution is -0.123. The van der Waals surface area contributed by atoms with Crippen molar-refractivity contribution in [2.75, 3.05) is 33.9 Å². The zero-order chi connectivity index (χ0) is 15.5. The Morgan fingerprint density at radius 1 is 1.33 bits per heavy atom. The molecular formula is C15H24N2O4. The second kappa shape index (κ2) is 10.0. The van der Waals surface area contributed by atoms with E-state index in [2.05, 4.69) is 5.32 Å². The molecule has 6 heteroatoms. The van der Waals surface area contributed by atoms with Crippen LogP contribution in [0.25, 0.3) is 0 Å². The Balaban J connectivity index is 2.15. The number of benzene rings is 1. The van der Waals surface area contributed by atoms with Gasteiger partial charge in [-0.15, -0.1) is 0 Å². The molecule has 1 rings (SSSR count). The first kappa shape index (κ1) is 17.3. The van der Waals surface area contributed by atoms with Gasteiger partial charge in [-0.3, -0.25) is 4.79 Å². The summed E-state index contributed by atoms with van der Waals surface area (Å²) in [5, 5.41) is 2.81. The minimum atomic E-state index is -0.224. The van der Waals surface area contributed by atoms with E-state index in [-0.39, 0.29) is 18.4 Å². The number of methoxy groups -OCH3 is 2. The minimum absolute atomic E-state index is 0.0614. The predicted octanol–water partition coefficient (Wildman–Crippen LogP) is 0.944. The molecule has 1 atom stereocenters. The summed E-state index contributed by atoms with van der Waals surface area (Å²) in [6, 6.07) is 7.42. The number of nitrogens with one attached hydrogen (secondary N) is 1. The zero-order valence-corrected chi connectivity index (χ0v) is 12.6. The van der Waals surface area contributed by atoms with Crippen LogP contribution in [0.1, 0.15) is 12.8 Å². The van der Waals surface area contributed by atoms with Crippen molar-refractivity contribution in [3.05, 3.63) is 24.3 Å². The smallest absolute Gasteiger partial charge is 0.222 e. The number of rotatable bonds is 10. The van der Waals surface area contributed by atoms with E-state index in [0.717, 1.165) is 17.9 Å². The maximum atomic E-state index is 11.6. The van der Waals surface area contributed by atoms with Crippen molar-refractivity contribution < 1.29 is 19.0 Å². The average Bonchev–Trinajstić information content (AvgIpc) is 2.52. The second-order valence-electron chi connectivity index (χ2n) is 4.53. The Morgan fingerprint density at radius 3 is 2.76 bits per heavy atom. The fourth-order valence-electron chi connectivity index (χ4n) is 1.72. The van der Waals surface area contributed by atoms with Gasteiger partial charge < -0.3 is 25.3 Å². The standard InChI is InChI=1S/C15H24N2O4/c1-19-12-5-3-6-13(9-12)21-8-4-7-17-15(18)10-14(11-16)20-2/h3,5-6,9,14H,4,7-8,10-11,16H2,1-2H3,(H,17,18). The molecule has 0 radical (unpaired) electrons. The highest BCUT2D eigenvalue weighted by Crippen LogP contribution is 2.18. The van der Waals surface area contributed by atoms with Crippen molar-refractivity contribution in [2.45, 2.75) is 18.9 Å². The quantitative estimate of drug-likeness (QED) is 0.628. The fraction of sp³-hybridized carbons (Fsp3) is 0.533. The minimum Gasteiger partial charge on any atom is -0.497 e. The van der Waals surface area contributed by atoms with Crippen LogP contribution in [0.4, 0.5) is 0 Å². The third kappa shape index (κ3) is 6.97. The summed E-state index contributed by atoms with van der Waals surface area (Å²) in [6.07, 6.45) is 0.783. The van der Waals surface area contributed by atoms with Gasteiger partial charge in [0.1, 0.15) is 11.5 Å². The zero-order valence-electron chi connectivity index (χ0n) is 12.6. The Labute approximate surface area is 125 Å². The summed E-state index contributed by atoms with van der Waals surface area (Å²) in [4.78, 5) is 11.6. The van der Waals surface area contributed by atoms with Gasteiger partial charge in [0.25, 0.3) is 0 Å². The van der Waals surface area contributed by atoms with E-state index in [1.165, 1.54) is 0 Å². The molecule has 0 saturated carbocycles. The van der Waals surface area contributed by atoms with Crippen molar-refractivity contribution in [1.82, 2.24) is 5.32 Å². The van der Waals surface area contributed by atoms with Gasteiger partial charge in [-0.2, -0.15) is 0 Å². The van der Waals surface area contributed by atoms with Gasteiger partial charge in [0, 0.05) is 26.3 Å². The van der Waals surface area contributed by atoms with Crippen LogP contribution >= 0.6 is 0 Å². The number of carbonyl (C=O) groups is 1. The van der Waals surface area contributed by atoms with Crippen LogP contribution in [0.5, 0.6) is 11.5 Å². The molecule has 1 amide bonds. The second-order valence-corrected chi connectivity index (χ2v) is 4.53. The monoisotopic (exact) mass is 296 g/mol. The molecule has 0 bridgehead atoms. The maximum Gasteiger partial charge on any atom is 0.222 e. The lowest BCUT2D eigenvalue weighted by atomic mass is 10.2. The largest absolute Gasteiger partial charge is 0.497 e. The van der Waals surface area contributed by atoms with Crippen molar-refractivity contribution in [1.29, 1.82) is 0 Å². The van der Waals surface area contributed by atoms with E-state index in [1.807, 2.05) is 24.3 Å². The first-order valence-corrected chi connectivity index (χ1v) is 6.96. The number of carbonyl (C=O) groups excluding carboxylic acids is 1. The van der Waals surface area contributed by atoms with Gasteiger partial charge in [0.15, 0.2) is 0 Å².